The van der Waals surface area contributed by atoms with Gasteiger partial charge in [-0.05, 0) is 55.5 Å². The van der Waals surface area contributed by atoms with Crippen LogP contribution in [0.15, 0.2) is 72.8 Å². The lowest BCUT2D eigenvalue weighted by Crippen LogP contribution is -2.09. The number of ether oxygens (including phenoxy) is 2. The van der Waals surface area contributed by atoms with E-state index < -0.39 is 6.10 Å². The maximum absolute atomic E-state index is 11.9. The second-order valence-corrected chi connectivity index (χ2v) is 8.91. The van der Waals surface area contributed by atoms with E-state index in [-0.39, 0.29) is 5.97 Å². The van der Waals surface area contributed by atoms with Gasteiger partial charge in [0.15, 0.2) is 0 Å². The highest BCUT2D eigenvalue weighted by atomic mass is 32.1. The van der Waals surface area contributed by atoms with Gasteiger partial charge < -0.3 is 9.47 Å². The first-order valence-electron chi connectivity index (χ1n) is 9.86. The largest absolute Gasteiger partial charge is 0.476 e. The Labute approximate surface area is 186 Å². The molecule has 0 aliphatic rings. The second kappa shape index (κ2) is 8.45. The quantitative estimate of drug-likeness (QED) is 0.289. The van der Waals surface area contributed by atoms with Crippen molar-refractivity contribution in [3.8, 4) is 5.75 Å². The lowest BCUT2D eigenvalue weighted by Gasteiger charge is -2.15. The first-order chi connectivity index (χ1) is 15.2. The molecule has 0 radical (unpaired) electrons. The van der Waals surface area contributed by atoms with Gasteiger partial charge in [-0.2, -0.15) is 0 Å². The van der Waals surface area contributed by atoms with E-state index in [0.29, 0.717) is 17.9 Å². The zero-order valence-corrected chi connectivity index (χ0v) is 18.3. The molecule has 2 aromatic heterocycles. The number of thiazole rings is 2. The maximum Gasteiger partial charge on any atom is 0.338 e. The molecule has 0 saturated heterocycles. The van der Waals surface area contributed by atoms with E-state index in [1.807, 2.05) is 36.4 Å². The first-order valence-corrected chi connectivity index (χ1v) is 11.5. The van der Waals surface area contributed by atoms with Crippen LogP contribution in [0.25, 0.3) is 20.4 Å². The average molecular weight is 447 g/mol. The summed E-state index contributed by atoms with van der Waals surface area (Å²) in [5, 5.41) is 1.68. The highest BCUT2D eigenvalue weighted by Crippen LogP contribution is 2.37. The third-order valence-corrected chi connectivity index (χ3v) is 6.85. The Bertz CT molecular complexity index is 1220. The molecule has 154 valence electrons. The molecule has 0 spiro atoms. The molecule has 2 heterocycles. The van der Waals surface area contributed by atoms with Gasteiger partial charge in [0.2, 0.25) is 6.10 Å². The van der Waals surface area contributed by atoms with Crippen LogP contribution < -0.4 is 4.74 Å². The summed E-state index contributed by atoms with van der Waals surface area (Å²) in [7, 11) is 0. The van der Waals surface area contributed by atoms with Crippen molar-refractivity contribution in [3.05, 3.63) is 88.4 Å². The van der Waals surface area contributed by atoms with E-state index in [1.165, 1.54) is 0 Å². The summed E-state index contributed by atoms with van der Waals surface area (Å²) in [5.41, 5.74) is 2.37. The summed E-state index contributed by atoms with van der Waals surface area (Å²) in [6.07, 6.45) is -0.441. The van der Waals surface area contributed by atoms with Gasteiger partial charge in [0.25, 0.3) is 0 Å². The van der Waals surface area contributed by atoms with Crippen LogP contribution in [-0.4, -0.2) is 22.5 Å². The first kappa shape index (κ1) is 19.7. The number of hydrogen-bond acceptors (Lipinski definition) is 7. The van der Waals surface area contributed by atoms with Crippen LogP contribution >= 0.6 is 22.7 Å². The van der Waals surface area contributed by atoms with E-state index in [0.717, 1.165) is 30.4 Å². The molecule has 0 unspecified atom stereocenters. The van der Waals surface area contributed by atoms with Gasteiger partial charge in [0, 0.05) is 0 Å². The SMILES string of the molecule is CCOC(=O)c1ccc(OC(c2nc3ccccc3s2)c2nc3ccccc3s2)cc1. The predicted molar refractivity (Wildman–Crippen MR) is 124 cm³/mol. The van der Waals surface area contributed by atoms with E-state index in [9.17, 15) is 4.79 Å². The number of benzene rings is 3. The standard InChI is InChI=1S/C24H18N2O3S2/c1-2-28-24(27)15-11-13-16(14-12-15)29-21(22-25-17-7-3-5-9-19(17)30-22)23-26-18-8-4-6-10-20(18)31-23/h3-14,21H,2H2,1H3. The molecular formula is C24H18N2O3S2. The second-order valence-electron chi connectivity index (χ2n) is 6.78. The molecule has 0 amide bonds. The Balaban J connectivity index is 1.53. The number of para-hydroxylation sites is 2. The van der Waals surface area contributed by atoms with E-state index in [2.05, 4.69) is 12.1 Å². The van der Waals surface area contributed by atoms with Crippen molar-refractivity contribution in [1.82, 2.24) is 9.97 Å². The van der Waals surface area contributed by atoms with Gasteiger partial charge in [-0.3, -0.25) is 0 Å². The van der Waals surface area contributed by atoms with Crippen molar-refractivity contribution in [2.24, 2.45) is 0 Å². The number of rotatable bonds is 6. The minimum atomic E-state index is -0.441. The molecule has 0 aliphatic heterocycles. The van der Waals surface area contributed by atoms with E-state index in [1.54, 1.807) is 53.9 Å². The summed E-state index contributed by atoms with van der Waals surface area (Å²) in [5.74, 6) is 0.291. The fourth-order valence-electron chi connectivity index (χ4n) is 3.23. The number of fused-ring (bicyclic) bond motifs is 2. The Hall–Kier alpha value is -3.29. The summed E-state index contributed by atoms with van der Waals surface area (Å²) in [4.78, 5) is 21.6. The zero-order valence-electron chi connectivity index (χ0n) is 16.6. The third kappa shape index (κ3) is 4.02. The predicted octanol–water partition coefficient (Wildman–Crippen LogP) is 6.25. The summed E-state index contributed by atoms with van der Waals surface area (Å²) in [6, 6.07) is 23.1. The van der Waals surface area contributed by atoms with Crippen LogP contribution in [0, 0.1) is 0 Å². The van der Waals surface area contributed by atoms with Crippen molar-refractivity contribution in [2.75, 3.05) is 6.61 Å². The number of hydrogen-bond donors (Lipinski definition) is 0. The number of esters is 1. The molecule has 0 saturated carbocycles. The number of nitrogens with zero attached hydrogens (tertiary/aromatic N) is 2. The average Bonchev–Trinajstić information content (AvgIpc) is 3.42. The molecule has 0 aliphatic carbocycles. The van der Waals surface area contributed by atoms with Crippen LogP contribution in [0.5, 0.6) is 5.75 Å². The molecule has 0 atom stereocenters. The summed E-state index contributed by atoms with van der Waals surface area (Å²) in [6.45, 7) is 2.13. The molecule has 0 bridgehead atoms. The van der Waals surface area contributed by atoms with Crippen LogP contribution in [0.4, 0.5) is 0 Å². The smallest absolute Gasteiger partial charge is 0.338 e. The Kier molecular flexibility index (Phi) is 5.36. The lowest BCUT2D eigenvalue weighted by atomic mass is 10.2. The van der Waals surface area contributed by atoms with Gasteiger partial charge in [-0.15, -0.1) is 22.7 Å². The number of carbonyl (C=O) groups is 1. The van der Waals surface area contributed by atoms with Crippen molar-refractivity contribution >= 4 is 49.1 Å². The summed E-state index contributed by atoms with van der Waals surface area (Å²) >= 11 is 3.20. The topological polar surface area (TPSA) is 61.3 Å². The minimum absolute atomic E-state index is 0.342. The Morgan fingerprint density at radius 1 is 0.839 bits per heavy atom. The normalized spacial score (nSPS) is 11.3. The molecule has 5 rings (SSSR count). The van der Waals surface area contributed by atoms with Gasteiger partial charge in [-0.1, -0.05) is 24.3 Å². The van der Waals surface area contributed by atoms with Crippen LogP contribution in [0.2, 0.25) is 0 Å². The van der Waals surface area contributed by atoms with Crippen molar-refractivity contribution in [2.45, 2.75) is 13.0 Å². The fourth-order valence-corrected chi connectivity index (χ4v) is 5.31. The van der Waals surface area contributed by atoms with Gasteiger partial charge in [0.1, 0.15) is 15.8 Å². The highest BCUT2D eigenvalue weighted by Gasteiger charge is 2.24. The van der Waals surface area contributed by atoms with Gasteiger partial charge in [0.05, 0.1) is 32.6 Å². The van der Waals surface area contributed by atoms with E-state index in [4.69, 9.17) is 19.4 Å². The molecule has 5 aromatic rings. The molecule has 0 N–H and O–H groups in total. The molecule has 7 heteroatoms. The number of aromatic nitrogens is 2. The monoisotopic (exact) mass is 446 g/mol. The fraction of sp³-hybridized carbons (Fsp3) is 0.125. The number of carbonyl (C=O) groups excluding carboxylic acids is 1. The molecule has 31 heavy (non-hydrogen) atoms. The highest BCUT2D eigenvalue weighted by molar-refractivity contribution is 7.20. The molecule has 5 nitrogen and oxygen atoms in total. The molecule has 3 aromatic carbocycles. The van der Waals surface area contributed by atoms with Crippen LogP contribution in [-0.2, 0) is 4.74 Å². The van der Waals surface area contributed by atoms with Crippen LogP contribution in [0.3, 0.4) is 0 Å². The molecular weight excluding hydrogens is 428 g/mol. The lowest BCUT2D eigenvalue weighted by molar-refractivity contribution is 0.0526. The Morgan fingerprint density at radius 2 is 1.39 bits per heavy atom. The van der Waals surface area contributed by atoms with Crippen molar-refractivity contribution < 1.29 is 14.3 Å². The summed E-state index contributed by atoms with van der Waals surface area (Å²) < 4.78 is 13.6. The maximum atomic E-state index is 11.9. The van der Waals surface area contributed by atoms with Crippen molar-refractivity contribution in [3.63, 3.8) is 0 Å². The van der Waals surface area contributed by atoms with E-state index >= 15 is 0 Å². The van der Waals surface area contributed by atoms with Crippen LogP contribution in [0.1, 0.15) is 33.4 Å². The van der Waals surface area contributed by atoms with Crippen molar-refractivity contribution in [1.29, 1.82) is 0 Å². The van der Waals surface area contributed by atoms with Gasteiger partial charge >= 0.3 is 5.97 Å². The molecule has 0 fully saturated rings. The minimum Gasteiger partial charge on any atom is -0.476 e. The van der Waals surface area contributed by atoms with Gasteiger partial charge in [-0.25, -0.2) is 14.8 Å². The third-order valence-electron chi connectivity index (χ3n) is 4.69. The zero-order chi connectivity index (χ0) is 21.2. The Morgan fingerprint density at radius 3 is 1.90 bits per heavy atom.